The Balaban J connectivity index is 2.37. The van der Waals surface area contributed by atoms with Gasteiger partial charge >= 0.3 is 17.7 Å². The summed E-state index contributed by atoms with van der Waals surface area (Å²) in [6, 6.07) is 0.696. The van der Waals surface area contributed by atoms with Gasteiger partial charge in [0.15, 0.2) is 11.5 Å². The molecule has 0 saturated carbocycles. The zero-order valence-electron chi connectivity index (χ0n) is 13.8. The molecule has 2 N–H and O–H groups in total. The van der Waals surface area contributed by atoms with Gasteiger partial charge in [0.05, 0.1) is 21.5 Å². The van der Waals surface area contributed by atoms with Gasteiger partial charge in [0.1, 0.15) is 17.2 Å². The lowest BCUT2D eigenvalue weighted by Gasteiger charge is -2.13. The van der Waals surface area contributed by atoms with Crippen LogP contribution in [0.3, 0.4) is 0 Å². The van der Waals surface area contributed by atoms with E-state index in [-0.39, 0.29) is 10.7 Å². The molecule has 3 rings (SSSR count). The summed E-state index contributed by atoms with van der Waals surface area (Å²) in [5.74, 6) is -2.58. The van der Waals surface area contributed by atoms with Crippen LogP contribution in [0, 0.1) is 5.82 Å². The Morgan fingerprint density at radius 3 is 2.00 bits per heavy atom. The monoisotopic (exact) mass is 482 g/mol. The first-order valence-corrected chi connectivity index (χ1v) is 8.17. The van der Waals surface area contributed by atoms with Crippen molar-refractivity contribution >= 4 is 39.9 Å². The lowest BCUT2D eigenvalue weighted by Crippen LogP contribution is -2.15. The number of aromatic nitrogens is 3. The van der Waals surface area contributed by atoms with Gasteiger partial charge in [0.25, 0.3) is 0 Å². The maximum Gasteiger partial charge on any atom is 0.434 e. The minimum atomic E-state index is -5.30. The normalized spacial score (nSPS) is 13.3. The first-order chi connectivity index (χ1) is 13.5. The molecule has 0 radical (unpaired) electrons. The van der Waals surface area contributed by atoms with Crippen LogP contribution in [0.2, 0.25) is 5.02 Å². The molecule has 0 fully saturated rings. The molecule has 0 spiro atoms. The fourth-order valence-corrected chi connectivity index (χ4v) is 2.97. The average molecular weight is 483 g/mol. The highest BCUT2D eigenvalue weighted by molar-refractivity contribution is 6.32. The van der Waals surface area contributed by atoms with Gasteiger partial charge in [-0.3, -0.25) is 0 Å². The molecule has 2 heterocycles. The summed E-state index contributed by atoms with van der Waals surface area (Å²) in [6.07, 6.45) is -10.3. The third kappa shape index (κ3) is 3.83. The highest BCUT2D eigenvalue weighted by atomic mass is 35.5. The number of nitrogens with zero attached hydrogens (tertiary/aromatic N) is 3. The van der Waals surface area contributed by atoms with Crippen LogP contribution in [-0.4, -0.2) is 14.8 Å². The maximum atomic E-state index is 14.4. The zero-order chi connectivity index (χ0) is 22.8. The van der Waals surface area contributed by atoms with Crippen molar-refractivity contribution in [3.05, 3.63) is 46.0 Å². The Kier molecular flexibility index (Phi) is 5.05. The predicted octanol–water partition coefficient (Wildman–Crippen LogP) is 6.12. The number of benzene rings is 1. The number of nitrogens with two attached hydrogens (primary N) is 1. The van der Waals surface area contributed by atoms with Crippen molar-refractivity contribution in [1.82, 2.24) is 14.8 Å². The first-order valence-electron chi connectivity index (χ1n) is 7.42. The van der Waals surface area contributed by atoms with Crippen LogP contribution in [0.25, 0.3) is 16.6 Å². The topological polar surface area (TPSA) is 56.7 Å². The highest BCUT2D eigenvalue weighted by Crippen LogP contribution is 2.42. The number of fused-ring (bicyclic) bond motifs is 1. The molecule has 4 nitrogen and oxygen atoms in total. The molecule has 2 aromatic heterocycles. The van der Waals surface area contributed by atoms with Gasteiger partial charge in [0, 0.05) is 0 Å². The summed E-state index contributed by atoms with van der Waals surface area (Å²) in [5, 5.41) is -2.71. The number of alkyl halides is 9. The zero-order valence-corrected chi connectivity index (χ0v) is 15.3. The fraction of sp³-hybridized carbons (Fsp3) is 0.200. The molecule has 0 saturated heterocycles. The van der Waals surface area contributed by atoms with Gasteiger partial charge in [-0.05, 0) is 29.8 Å². The number of hydrogen-bond donors (Lipinski definition) is 1. The van der Waals surface area contributed by atoms with Gasteiger partial charge in [0.2, 0.25) is 0 Å². The van der Waals surface area contributed by atoms with Crippen LogP contribution in [0.15, 0.2) is 18.2 Å². The molecule has 0 aliphatic heterocycles. The SMILES string of the molecule is Nc1c2c(C(F)(F)F)nc(C(F)(F)Cl)cc2nn1-c1c(F)cc(C(F)(F)F)cc1Cl. The van der Waals surface area contributed by atoms with E-state index in [9.17, 15) is 39.5 Å². The molecular weight excluding hydrogens is 478 g/mol. The summed E-state index contributed by atoms with van der Waals surface area (Å²) >= 11 is 10.4. The summed E-state index contributed by atoms with van der Waals surface area (Å²) in [7, 11) is 0. The van der Waals surface area contributed by atoms with Crippen molar-refractivity contribution < 1.29 is 39.5 Å². The Hall–Kier alpha value is -2.41. The fourth-order valence-electron chi connectivity index (χ4n) is 2.58. The van der Waals surface area contributed by atoms with Crippen LogP contribution < -0.4 is 5.73 Å². The first kappa shape index (κ1) is 22.3. The van der Waals surface area contributed by atoms with Crippen molar-refractivity contribution in [3.63, 3.8) is 0 Å². The largest absolute Gasteiger partial charge is 0.434 e. The quantitative estimate of drug-likeness (QED) is 0.353. The van der Waals surface area contributed by atoms with E-state index >= 15 is 0 Å². The standard InChI is InChI=1S/C15H5Cl2F9N4/c16-5-1-4(14(21,22)23)2-6(18)10(5)30-12(27)9-7(29-30)3-8(13(17,19)20)28-11(9)15(24,25)26/h1-3H,27H2. The molecule has 0 amide bonds. The maximum absolute atomic E-state index is 14.4. The molecule has 0 aliphatic carbocycles. The third-order valence-corrected chi connectivity index (χ3v) is 4.29. The summed E-state index contributed by atoms with van der Waals surface area (Å²) in [4.78, 5) is 2.79. The highest BCUT2D eigenvalue weighted by Gasteiger charge is 2.41. The van der Waals surface area contributed by atoms with E-state index in [1.54, 1.807) is 0 Å². The Labute approximate surface area is 170 Å². The van der Waals surface area contributed by atoms with Crippen molar-refractivity contribution in [2.75, 3.05) is 5.73 Å². The van der Waals surface area contributed by atoms with Crippen molar-refractivity contribution in [2.45, 2.75) is 17.7 Å². The van der Waals surface area contributed by atoms with Crippen molar-refractivity contribution in [1.29, 1.82) is 0 Å². The number of anilines is 1. The Bertz CT molecular complexity index is 1120. The Morgan fingerprint density at radius 2 is 1.53 bits per heavy atom. The number of nitrogen functional groups attached to an aromatic ring is 1. The molecule has 162 valence electrons. The molecule has 1 aromatic carbocycles. The van der Waals surface area contributed by atoms with Crippen LogP contribution in [0.1, 0.15) is 17.0 Å². The van der Waals surface area contributed by atoms with E-state index in [2.05, 4.69) is 10.1 Å². The minimum absolute atomic E-state index is 0.0221. The number of rotatable bonds is 2. The van der Waals surface area contributed by atoms with E-state index < -0.39 is 67.9 Å². The van der Waals surface area contributed by atoms with E-state index in [0.29, 0.717) is 12.1 Å². The number of hydrogen-bond acceptors (Lipinski definition) is 3. The van der Waals surface area contributed by atoms with Crippen LogP contribution >= 0.6 is 23.2 Å². The number of pyridine rings is 1. The predicted molar refractivity (Wildman–Crippen MR) is 88.0 cm³/mol. The molecule has 3 aromatic rings. The van der Waals surface area contributed by atoms with Crippen molar-refractivity contribution in [3.8, 4) is 5.69 Å². The van der Waals surface area contributed by atoms with Gasteiger partial charge in [-0.25, -0.2) is 14.1 Å². The molecule has 30 heavy (non-hydrogen) atoms. The minimum Gasteiger partial charge on any atom is -0.383 e. The second-order valence-corrected chi connectivity index (χ2v) is 6.71. The van der Waals surface area contributed by atoms with Crippen LogP contribution in [0.4, 0.5) is 45.3 Å². The molecular formula is C15H5Cl2F9N4. The average Bonchev–Trinajstić information content (AvgIpc) is 2.87. The molecule has 15 heteroatoms. The van der Waals surface area contributed by atoms with Gasteiger partial charge in [-0.1, -0.05) is 11.6 Å². The molecule has 0 unspecified atom stereocenters. The second kappa shape index (κ2) is 6.80. The lowest BCUT2D eigenvalue weighted by atomic mass is 10.1. The van der Waals surface area contributed by atoms with E-state index in [1.807, 2.05) is 0 Å². The second-order valence-electron chi connectivity index (χ2n) is 5.83. The van der Waals surface area contributed by atoms with E-state index in [4.69, 9.17) is 28.9 Å². The van der Waals surface area contributed by atoms with Gasteiger partial charge in [-0.15, -0.1) is 0 Å². The number of halogens is 11. The summed E-state index contributed by atoms with van der Waals surface area (Å²) in [6.45, 7) is 0. The van der Waals surface area contributed by atoms with E-state index in [1.165, 1.54) is 0 Å². The van der Waals surface area contributed by atoms with E-state index in [0.717, 1.165) is 0 Å². The smallest absolute Gasteiger partial charge is 0.383 e. The lowest BCUT2D eigenvalue weighted by molar-refractivity contribution is -0.140. The van der Waals surface area contributed by atoms with Gasteiger partial charge < -0.3 is 5.73 Å². The molecule has 0 aliphatic rings. The third-order valence-electron chi connectivity index (χ3n) is 3.81. The summed E-state index contributed by atoms with van der Waals surface area (Å²) in [5.41, 5.74) is -1.06. The van der Waals surface area contributed by atoms with Crippen molar-refractivity contribution in [2.24, 2.45) is 0 Å². The summed E-state index contributed by atoms with van der Waals surface area (Å²) < 4.78 is 120. The van der Waals surface area contributed by atoms with Gasteiger partial charge in [-0.2, -0.15) is 40.2 Å². The van der Waals surface area contributed by atoms with Crippen LogP contribution in [0.5, 0.6) is 0 Å². The van der Waals surface area contributed by atoms with Crippen LogP contribution in [-0.2, 0) is 17.7 Å². The molecule has 0 atom stereocenters. The Morgan fingerprint density at radius 1 is 0.933 bits per heavy atom. The molecule has 0 bridgehead atoms.